The van der Waals surface area contributed by atoms with Crippen molar-refractivity contribution in [3.8, 4) is 17.1 Å². The Hall–Kier alpha value is -4.73. The summed E-state index contributed by atoms with van der Waals surface area (Å²) in [5, 5.41) is 9.65. The van der Waals surface area contributed by atoms with Crippen LogP contribution in [0.5, 0.6) is 5.75 Å². The van der Waals surface area contributed by atoms with Crippen molar-refractivity contribution in [2.75, 3.05) is 30.8 Å². The van der Waals surface area contributed by atoms with Gasteiger partial charge in [-0.25, -0.2) is 4.79 Å². The number of ether oxygens (including phenoxy) is 1. The predicted molar refractivity (Wildman–Crippen MR) is 137 cm³/mol. The van der Waals surface area contributed by atoms with E-state index in [1.165, 1.54) is 7.11 Å². The minimum Gasteiger partial charge on any atom is -0.495 e. The van der Waals surface area contributed by atoms with Crippen LogP contribution < -0.4 is 15.4 Å². The van der Waals surface area contributed by atoms with Gasteiger partial charge in [0.1, 0.15) is 5.75 Å². The molecule has 2 N–H and O–H groups in total. The lowest BCUT2D eigenvalue weighted by Crippen LogP contribution is -2.38. The molecule has 0 radical (unpaired) electrons. The second-order valence-corrected chi connectivity index (χ2v) is 8.58. The number of hydrogen-bond donors (Lipinski definition) is 2. The molecule has 0 unspecified atom stereocenters. The van der Waals surface area contributed by atoms with Crippen LogP contribution in [0.25, 0.3) is 11.4 Å². The first-order valence-electron chi connectivity index (χ1n) is 12.0. The van der Waals surface area contributed by atoms with Crippen molar-refractivity contribution in [2.24, 2.45) is 0 Å². The molecule has 188 valence electrons. The number of para-hydroxylation sites is 3. The number of carbonyl (C=O) groups excluding carboxylic acids is 2. The number of pyridine rings is 1. The van der Waals surface area contributed by atoms with Crippen molar-refractivity contribution in [1.82, 2.24) is 20.0 Å². The van der Waals surface area contributed by atoms with Gasteiger partial charge in [0, 0.05) is 37.0 Å². The average molecular weight is 499 g/mol. The van der Waals surface area contributed by atoms with Crippen LogP contribution in [0.4, 0.5) is 16.2 Å². The summed E-state index contributed by atoms with van der Waals surface area (Å²) in [4.78, 5) is 36.4. The molecule has 10 heteroatoms. The third kappa shape index (κ3) is 5.43. The van der Waals surface area contributed by atoms with E-state index in [4.69, 9.17) is 9.26 Å². The molecule has 1 fully saturated rings. The van der Waals surface area contributed by atoms with E-state index in [1.54, 1.807) is 59.8 Å². The van der Waals surface area contributed by atoms with Gasteiger partial charge in [-0.05, 0) is 49.2 Å². The Morgan fingerprint density at radius 3 is 2.38 bits per heavy atom. The molecule has 0 atom stereocenters. The molecule has 10 nitrogen and oxygen atoms in total. The third-order valence-electron chi connectivity index (χ3n) is 6.27. The maximum Gasteiger partial charge on any atom is 0.323 e. The van der Waals surface area contributed by atoms with Gasteiger partial charge in [-0.15, -0.1) is 0 Å². The number of likely N-dealkylation sites (tertiary alicyclic amines) is 1. The Labute approximate surface area is 213 Å². The average Bonchev–Trinajstić information content (AvgIpc) is 3.44. The Balaban J connectivity index is 1.22. The first-order valence-corrected chi connectivity index (χ1v) is 12.0. The molecular formula is C27H26N6O4. The van der Waals surface area contributed by atoms with Crippen molar-refractivity contribution in [3.63, 3.8) is 0 Å². The Morgan fingerprint density at radius 2 is 1.62 bits per heavy atom. The van der Waals surface area contributed by atoms with Crippen molar-refractivity contribution in [1.29, 1.82) is 0 Å². The highest BCUT2D eigenvalue weighted by atomic mass is 16.5. The fourth-order valence-electron chi connectivity index (χ4n) is 4.32. The van der Waals surface area contributed by atoms with E-state index in [2.05, 4.69) is 25.8 Å². The molecule has 1 saturated heterocycles. The van der Waals surface area contributed by atoms with Crippen LogP contribution in [0.2, 0.25) is 0 Å². The zero-order valence-corrected chi connectivity index (χ0v) is 20.3. The number of hydrogen-bond acceptors (Lipinski definition) is 7. The fraction of sp³-hybridized carbons (Fsp3) is 0.222. The summed E-state index contributed by atoms with van der Waals surface area (Å²) < 4.78 is 10.8. The second kappa shape index (κ2) is 10.9. The molecule has 37 heavy (non-hydrogen) atoms. The Bertz CT molecular complexity index is 1380. The van der Waals surface area contributed by atoms with E-state index < -0.39 is 6.03 Å². The maximum atomic E-state index is 13.4. The van der Waals surface area contributed by atoms with E-state index >= 15 is 0 Å². The summed E-state index contributed by atoms with van der Waals surface area (Å²) >= 11 is 0. The molecule has 3 amide bonds. The van der Waals surface area contributed by atoms with E-state index in [0.29, 0.717) is 60.3 Å². The number of urea groups is 1. The van der Waals surface area contributed by atoms with E-state index in [-0.39, 0.29) is 11.8 Å². The molecule has 2 aromatic carbocycles. The molecule has 2 aromatic heterocycles. The molecule has 4 aromatic rings. The summed E-state index contributed by atoms with van der Waals surface area (Å²) in [5.41, 5.74) is 2.23. The van der Waals surface area contributed by atoms with E-state index in [1.807, 2.05) is 18.2 Å². The molecule has 0 saturated carbocycles. The highest BCUT2D eigenvalue weighted by Crippen LogP contribution is 2.30. The van der Waals surface area contributed by atoms with Crippen molar-refractivity contribution in [2.45, 2.75) is 18.8 Å². The van der Waals surface area contributed by atoms with Crippen LogP contribution in [0.3, 0.4) is 0 Å². The van der Waals surface area contributed by atoms with Gasteiger partial charge in [0.25, 0.3) is 5.91 Å². The first kappa shape index (κ1) is 24.0. The number of rotatable bonds is 6. The monoisotopic (exact) mass is 498 g/mol. The van der Waals surface area contributed by atoms with Crippen molar-refractivity contribution in [3.05, 3.63) is 84.5 Å². The number of amides is 3. The van der Waals surface area contributed by atoms with Crippen molar-refractivity contribution < 1.29 is 18.8 Å². The molecule has 1 aliphatic rings. The van der Waals surface area contributed by atoms with Crippen LogP contribution in [-0.4, -0.2) is 52.2 Å². The smallest absolute Gasteiger partial charge is 0.323 e. The maximum absolute atomic E-state index is 13.4. The van der Waals surface area contributed by atoms with Crippen LogP contribution in [0, 0.1) is 0 Å². The number of nitrogens with zero attached hydrogens (tertiary/aromatic N) is 4. The zero-order chi connectivity index (χ0) is 25.6. The molecule has 3 heterocycles. The molecule has 0 spiro atoms. The lowest BCUT2D eigenvalue weighted by atomic mass is 9.96. The van der Waals surface area contributed by atoms with Crippen LogP contribution in [-0.2, 0) is 0 Å². The zero-order valence-electron chi connectivity index (χ0n) is 20.3. The minimum absolute atomic E-state index is 0.0761. The van der Waals surface area contributed by atoms with Gasteiger partial charge in [0.2, 0.25) is 11.7 Å². The highest BCUT2D eigenvalue weighted by Gasteiger charge is 2.29. The standard InChI is InChI=1S/C27H26N6O4/c1-36-23-9-5-4-8-22(23)30-27(35)29-21-7-3-2-6-20(21)26(34)33-16-12-19(13-17-33)25-31-24(32-37-25)18-10-14-28-15-11-18/h2-11,14-15,19H,12-13,16-17H2,1H3,(H2,29,30,35). The molecular weight excluding hydrogens is 472 g/mol. The molecule has 0 bridgehead atoms. The van der Waals surface area contributed by atoms with Gasteiger partial charge in [-0.3, -0.25) is 9.78 Å². The summed E-state index contributed by atoms with van der Waals surface area (Å²) in [5.74, 6) is 1.58. The number of piperidine rings is 1. The van der Waals surface area contributed by atoms with Gasteiger partial charge in [0.05, 0.1) is 24.0 Å². The van der Waals surface area contributed by atoms with Gasteiger partial charge < -0.3 is 24.8 Å². The lowest BCUT2D eigenvalue weighted by molar-refractivity contribution is 0.0705. The van der Waals surface area contributed by atoms with Crippen LogP contribution in [0.15, 0.2) is 77.6 Å². The predicted octanol–water partition coefficient (Wildman–Crippen LogP) is 4.80. The summed E-state index contributed by atoms with van der Waals surface area (Å²) in [7, 11) is 1.54. The SMILES string of the molecule is COc1ccccc1NC(=O)Nc1ccccc1C(=O)N1CCC(c2nc(-c3ccncc3)no2)CC1. The fourth-order valence-corrected chi connectivity index (χ4v) is 4.32. The number of methoxy groups -OCH3 is 1. The van der Waals surface area contributed by atoms with Crippen molar-refractivity contribution >= 4 is 23.3 Å². The lowest BCUT2D eigenvalue weighted by Gasteiger charge is -2.31. The van der Waals surface area contributed by atoms with Crippen LogP contribution in [0.1, 0.15) is 35.0 Å². The number of anilines is 2. The largest absolute Gasteiger partial charge is 0.495 e. The second-order valence-electron chi connectivity index (χ2n) is 8.58. The molecule has 1 aliphatic heterocycles. The first-order chi connectivity index (χ1) is 18.1. The van der Waals surface area contributed by atoms with E-state index in [0.717, 1.165) is 5.56 Å². The third-order valence-corrected chi connectivity index (χ3v) is 6.27. The Kier molecular flexibility index (Phi) is 7.07. The normalized spacial score (nSPS) is 13.7. The minimum atomic E-state index is -0.468. The summed E-state index contributed by atoms with van der Waals surface area (Å²) in [6.45, 7) is 1.08. The number of carbonyl (C=O) groups is 2. The molecule has 0 aliphatic carbocycles. The Morgan fingerprint density at radius 1 is 0.946 bits per heavy atom. The number of nitrogens with one attached hydrogen (secondary N) is 2. The number of aromatic nitrogens is 3. The van der Waals surface area contributed by atoms with E-state index in [9.17, 15) is 9.59 Å². The number of benzene rings is 2. The summed E-state index contributed by atoms with van der Waals surface area (Å²) in [6, 6.07) is 17.3. The van der Waals surface area contributed by atoms with Gasteiger partial charge in [0.15, 0.2) is 0 Å². The topological polar surface area (TPSA) is 122 Å². The summed E-state index contributed by atoms with van der Waals surface area (Å²) in [6.07, 6.45) is 4.77. The van der Waals surface area contributed by atoms with Gasteiger partial charge in [-0.1, -0.05) is 29.4 Å². The highest BCUT2D eigenvalue weighted by molar-refractivity contribution is 6.06. The quantitative estimate of drug-likeness (QED) is 0.391. The van der Waals surface area contributed by atoms with Crippen LogP contribution >= 0.6 is 0 Å². The van der Waals surface area contributed by atoms with Gasteiger partial charge >= 0.3 is 6.03 Å². The van der Waals surface area contributed by atoms with Gasteiger partial charge in [-0.2, -0.15) is 4.98 Å². The molecule has 5 rings (SSSR count).